The van der Waals surface area contributed by atoms with Gasteiger partial charge in [-0.25, -0.2) is 5.01 Å². The van der Waals surface area contributed by atoms with Crippen LogP contribution in [0.4, 0.5) is 0 Å². The molecule has 1 aliphatic heterocycles. The van der Waals surface area contributed by atoms with Crippen LogP contribution in [0.1, 0.15) is 19.8 Å². The van der Waals surface area contributed by atoms with Crippen LogP contribution in [0.5, 0.6) is 0 Å². The number of hydrogen-bond acceptors (Lipinski definition) is 6. The minimum atomic E-state index is 0.644. The first-order valence-corrected chi connectivity index (χ1v) is 8.23. The van der Waals surface area contributed by atoms with Crippen LogP contribution in [0, 0.1) is 0 Å². The highest BCUT2D eigenvalue weighted by Gasteiger charge is 2.12. The molecule has 0 aromatic heterocycles. The Morgan fingerprint density at radius 3 is 2.00 bits per heavy atom. The Morgan fingerprint density at radius 2 is 1.38 bits per heavy atom. The summed E-state index contributed by atoms with van der Waals surface area (Å²) in [6.07, 6.45) is 2.31. The van der Waals surface area contributed by atoms with Crippen molar-refractivity contribution in [2.24, 2.45) is 0 Å². The van der Waals surface area contributed by atoms with Crippen LogP contribution in [0.3, 0.4) is 0 Å². The Hall–Kier alpha value is -0.240. The van der Waals surface area contributed by atoms with E-state index in [0.29, 0.717) is 26.4 Å². The maximum atomic E-state index is 5.53. The second-order valence-corrected chi connectivity index (χ2v) is 5.39. The average Bonchev–Trinajstić information content (AvgIpc) is 2.50. The van der Waals surface area contributed by atoms with Gasteiger partial charge in [0, 0.05) is 39.3 Å². The number of hydrogen-bond donors (Lipinski definition) is 1. The molecule has 1 aliphatic rings. The molecule has 6 heteroatoms. The third-order valence-electron chi connectivity index (χ3n) is 3.47. The van der Waals surface area contributed by atoms with Crippen molar-refractivity contribution in [3.63, 3.8) is 0 Å². The van der Waals surface area contributed by atoms with Gasteiger partial charge in [-0.1, -0.05) is 13.3 Å². The van der Waals surface area contributed by atoms with E-state index in [1.54, 1.807) is 0 Å². The number of piperazine rings is 1. The molecule has 1 fully saturated rings. The molecule has 0 amide bonds. The van der Waals surface area contributed by atoms with E-state index in [1.165, 1.54) is 6.42 Å². The molecule has 0 aromatic rings. The minimum absolute atomic E-state index is 0.644. The molecule has 1 rings (SSSR count). The Bertz CT molecular complexity index is 224. The highest BCUT2D eigenvalue weighted by Crippen LogP contribution is 1.94. The van der Waals surface area contributed by atoms with E-state index in [-0.39, 0.29) is 0 Å². The van der Waals surface area contributed by atoms with Gasteiger partial charge in [-0.05, 0) is 13.5 Å². The molecule has 6 nitrogen and oxygen atoms in total. The van der Waals surface area contributed by atoms with Crippen molar-refractivity contribution in [3.05, 3.63) is 0 Å². The van der Waals surface area contributed by atoms with Crippen molar-refractivity contribution in [3.8, 4) is 0 Å². The summed E-state index contributed by atoms with van der Waals surface area (Å²) in [7, 11) is 2.16. The van der Waals surface area contributed by atoms with Crippen LogP contribution in [0.2, 0.25) is 0 Å². The predicted octanol–water partition coefficient (Wildman–Crippen LogP) is 0.588. The fourth-order valence-electron chi connectivity index (χ4n) is 2.03. The number of ether oxygens (including phenoxy) is 3. The van der Waals surface area contributed by atoms with Crippen LogP contribution in [-0.4, -0.2) is 89.3 Å². The molecule has 0 bridgehead atoms. The molecule has 1 saturated heterocycles. The molecule has 126 valence electrons. The zero-order chi connectivity index (χ0) is 15.2. The molecule has 0 atom stereocenters. The van der Waals surface area contributed by atoms with E-state index in [9.17, 15) is 0 Å². The molecule has 0 saturated carbocycles. The van der Waals surface area contributed by atoms with Crippen molar-refractivity contribution < 1.29 is 14.2 Å². The van der Waals surface area contributed by atoms with Crippen molar-refractivity contribution >= 4 is 0 Å². The zero-order valence-electron chi connectivity index (χ0n) is 13.8. The summed E-state index contributed by atoms with van der Waals surface area (Å²) in [6.45, 7) is 11.7. The topological polar surface area (TPSA) is 46.2 Å². The summed E-state index contributed by atoms with van der Waals surface area (Å²) in [5.74, 6) is 0. The van der Waals surface area contributed by atoms with Crippen LogP contribution in [0.15, 0.2) is 0 Å². The molecular formula is C15H33N3O3. The number of unbranched alkanes of at least 4 members (excludes halogenated alkanes) is 1. The largest absolute Gasteiger partial charge is 0.379 e. The molecule has 0 radical (unpaired) electrons. The van der Waals surface area contributed by atoms with E-state index in [2.05, 4.69) is 29.3 Å². The van der Waals surface area contributed by atoms with Gasteiger partial charge < -0.3 is 19.1 Å². The maximum absolute atomic E-state index is 5.53. The van der Waals surface area contributed by atoms with E-state index >= 15 is 0 Å². The van der Waals surface area contributed by atoms with Gasteiger partial charge >= 0.3 is 0 Å². The van der Waals surface area contributed by atoms with Gasteiger partial charge in [0.25, 0.3) is 0 Å². The van der Waals surface area contributed by atoms with Gasteiger partial charge in [-0.3, -0.25) is 5.43 Å². The lowest BCUT2D eigenvalue weighted by Gasteiger charge is -2.32. The van der Waals surface area contributed by atoms with Gasteiger partial charge in [-0.15, -0.1) is 0 Å². The average molecular weight is 303 g/mol. The first-order valence-electron chi connectivity index (χ1n) is 8.23. The fraction of sp³-hybridized carbons (Fsp3) is 1.00. The number of nitrogens with zero attached hydrogens (tertiary/aromatic N) is 2. The molecule has 1 N–H and O–H groups in total. The van der Waals surface area contributed by atoms with E-state index in [4.69, 9.17) is 14.2 Å². The normalized spacial score (nSPS) is 17.4. The number of hydrazine groups is 1. The third-order valence-corrected chi connectivity index (χ3v) is 3.47. The highest BCUT2D eigenvalue weighted by atomic mass is 16.5. The van der Waals surface area contributed by atoms with E-state index in [1.807, 2.05) is 0 Å². The molecular weight excluding hydrogens is 270 g/mol. The SMILES string of the molecule is CCCCOCCOCCOCCNN1CCN(C)CC1. The molecule has 21 heavy (non-hydrogen) atoms. The van der Waals surface area contributed by atoms with Gasteiger partial charge in [-0.2, -0.15) is 0 Å². The second kappa shape index (κ2) is 13.4. The molecule has 0 unspecified atom stereocenters. The van der Waals surface area contributed by atoms with Crippen LogP contribution in [0.25, 0.3) is 0 Å². The summed E-state index contributed by atoms with van der Waals surface area (Å²) in [6, 6.07) is 0. The van der Waals surface area contributed by atoms with Crippen molar-refractivity contribution in [1.29, 1.82) is 0 Å². The monoisotopic (exact) mass is 303 g/mol. The van der Waals surface area contributed by atoms with E-state index < -0.39 is 0 Å². The van der Waals surface area contributed by atoms with E-state index in [0.717, 1.165) is 52.4 Å². The maximum Gasteiger partial charge on any atom is 0.0701 e. The summed E-state index contributed by atoms with van der Waals surface area (Å²) in [5, 5.41) is 2.27. The standard InChI is InChI=1S/C15H33N3O3/c1-3-4-10-19-12-14-21-15-13-20-11-5-16-18-8-6-17(2)7-9-18/h16H,3-15H2,1-2H3. The zero-order valence-corrected chi connectivity index (χ0v) is 13.8. The smallest absolute Gasteiger partial charge is 0.0701 e. The highest BCUT2D eigenvalue weighted by molar-refractivity contribution is 4.65. The van der Waals surface area contributed by atoms with Crippen molar-refractivity contribution in [2.45, 2.75) is 19.8 Å². The number of rotatable bonds is 13. The van der Waals surface area contributed by atoms with Gasteiger partial charge in [0.1, 0.15) is 0 Å². The lowest BCUT2D eigenvalue weighted by atomic mass is 10.4. The Kier molecular flexibility index (Phi) is 12.0. The van der Waals surface area contributed by atoms with Crippen LogP contribution in [-0.2, 0) is 14.2 Å². The molecule has 0 aliphatic carbocycles. The van der Waals surface area contributed by atoms with Crippen LogP contribution >= 0.6 is 0 Å². The summed E-state index contributed by atoms with van der Waals surface area (Å²) >= 11 is 0. The lowest BCUT2D eigenvalue weighted by molar-refractivity contribution is 0.0105. The van der Waals surface area contributed by atoms with Crippen molar-refractivity contribution in [1.82, 2.24) is 15.3 Å². The van der Waals surface area contributed by atoms with Gasteiger partial charge in [0.15, 0.2) is 0 Å². The van der Waals surface area contributed by atoms with Gasteiger partial charge in [0.2, 0.25) is 0 Å². The Labute approximate surface area is 129 Å². The summed E-state index contributed by atoms with van der Waals surface area (Å²) in [5.41, 5.74) is 3.39. The third kappa shape index (κ3) is 11.0. The number of nitrogens with one attached hydrogen (secondary N) is 1. The lowest BCUT2D eigenvalue weighted by Crippen LogP contribution is -2.51. The minimum Gasteiger partial charge on any atom is -0.379 e. The fourth-order valence-corrected chi connectivity index (χ4v) is 2.03. The predicted molar refractivity (Wildman–Crippen MR) is 84.4 cm³/mol. The molecule has 0 aromatic carbocycles. The summed E-state index contributed by atoms with van der Waals surface area (Å²) in [4.78, 5) is 2.35. The quantitative estimate of drug-likeness (QED) is 0.503. The molecule has 0 spiro atoms. The second-order valence-electron chi connectivity index (χ2n) is 5.39. The Morgan fingerprint density at radius 1 is 0.810 bits per heavy atom. The Balaban J connectivity index is 1.73. The first-order chi connectivity index (χ1) is 10.3. The van der Waals surface area contributed by atoms with Crippen molar-refractivity contribution in [2.75, 3.05) is 79.4 Å². The van der Waals surface area contributed by atoms with Crippen LogP contribution < -0.4 is 5.43 Å². The summed E-state index contributed by atoms with van der Waals surface area (Å²) < 4.78 is 16.4. The number of likely N-dealkylation sites (N-methyl/N-ethyl adjacent to an activating group) is 1. The first kappa shape index (κ1) is 18.8. The molecule has 1 heterocycles. The van der Waals surface area contributed by atoms with Gasteiger partial charge in [0.05, 0.1) is 33.0 Å².